The molecule has 1 aliphatic carbocycles. The van der Waals surface area contributed by atoms with E-state index in [1.54, 1.807) is 18.6 Å². The molecule has 35 heavy (non-hydrogen) atoms. The average Bonchev–Trinajstić information content (AvgIpc) is 2.82. The first-order chi connectivity index (χ1) is 16.8. The van der Waals surface area contributed by atoms with Crippen molar-refractivity contribution in [2.75, 3.05) is 18.4 Å². The van der Waals surface area contributed by atoms with E-state index in [-0.39, 0.29) is 25.0 Å². The Morgan fingerprint density at radius 3 is 2.63 bits per heavy atom. The molecule has 5 rings (SSSR count). The minimum Gasteiger partial charge on any atom is -0.366 e. The number of aromatic nitrogens is 4. The van der Waals surface area contributed by atoms with Gasteiger partial charge in [-0.1, -0.05) is 12.1 Å². The van der Waals surface area contributed by atoms with Crippen molar-refractivity contribution in [2.45, 2.75) is 64.0 Å². The van der Waals surface area contributed by atoms with Crippen molar-refractivity contribution in [3.8, 4) is 11.3 Å². The third-order valence-corrected chi connectivity index (χ3v) is 7.05. The van der Waals surface area contributed by atoms with E-state index in [9.17, 15) is 13.6 Å². The van der Waals surface area contributed by atoms with Crippen LogP contribution in [0, 0.1) is 5.92 Å². The van der Waals surface area contributed by atoms with Gasteiger partial charge in [0.1, 0.15) is 17.4 Å². The Bertz CT molecular complexity index is 1220. The molecule has 0 radical (unpaired) electrons. The number of likely N-dealkylation sites (tertiary alicyclic amines) is 1. The van der Waals surface area contributed by atoms with Crippen LogP contribution in [0.5, 0.6) is 0 Å². The highest BCUT2D eigenvalue weighted by Gasteiger charge is 2.48. The summed E-state index contributed by atoms with van der Waals surface area (Å²) in [6.07, 6.45) is 6.49. The molecule has 2 aromatic heterocycles. The SMILES string of the molecule is CC(C)N1CCC(Nc2cncc(-c3ccc4cnc(CC(=O)C5CC(F)(F)C5)nc4c3)n2)CC1. The maximum atomic E-state index is 13.1. The van der Waals surface area contributed by atoms with Crippen LogP contribution >= 0.6 is 0 Å². The number of carbonyl (C=O) groups is 1. The van der Waals surface area contributed by atoms with Gasteiger partial charge in [0.25, 0.3) is 0 Å². The minimum atomic E-state index is -2.71. The number of halogens is 2. The number of fused-ring (bicyclic) bond motifs is 1. The number of rotatable bonds is 7. The van der Waals surface area contributed by atoms with E-state index in [2.05, 4.69) is 39.0 Å². The lowest BCUT2D eigenvalue weighted by Gasteiger charge is -2.35. The lowest BCUT2D eigenvalue weighted by molar-refractivity contribution is -0.147. The summed E-state index contributed by atoms with van der Waals surface area (Å²) < 4.78 is 26.2. The second-order valence-corrected chi connectivity index (χ2v) is 10.0. The van der Waals surface area contributed by atoms with Crippen LogP contribution < -0.4 is 5.32 Å². The van der Waals surface area contributed by atoms with Crippen LogP contribution in [0.1, 0.15) is 45.4 Å². The number of hydrogen-bond acceptors (Lipinski definition) is 7. The van der Waals surface area contributed by atoms with E-state index >= 15 is 0 Å². The molecule has 9 heteroatoms. The van der Waals surface area contributed by atoms with Crippen molar-refractivity contribution >= 4 is 22.5 Å². The molecule has 2 fully saturated rings. The molecule has 184 valence electrons. The lowest BCUT2D eigenvalue weighted by Crippen LogP contribution is -2.42. The van der Waals surface area contributed by atoms with Gasteiger partial charge in [-0.25, -0.2) is 23.7 Å². The molecule has 1 aliphatic heterocycles. The van der Waals surface area contributed by atoms with Gasteiger partial charge in [-0.2, -0.15) is 0 Å². The molecule has 0 unspecified atom stereocenters. The van der Waals surface area contributed by atoms with Gasteiger partial charge in [0.15, 0.2) is 0 Å². The molecule has 0 amide bonds. The van der Waals surface area contributed by atoms with Gasteiger partial charge in [-0.3, -0.25) is 9.78 Å². The van der Waals surface area contributed by atoms with Crippen LogP contribution in [0.4, 0.5) is 14.6 Å². The summed E-state index contributed by atoms with van der Waals surface area (Å²) in [5, 5.41) is 4.36. The minimum absolute atomic E-state index is 0.0320. The summed E-state index contributed by atoms with van der Waals surface area (Å²) in [7, 11) is 0. The largest absolute Gasteiger partial charge is 0.366 e. The summed E-state index contributed by atoms with van der Waals surface area (Å²) in [6.45, 7) is 6.60. The number of ketones is 1. The predicted molar refractivity (Wildman–Crippen MR) is 130 cm³/mol. The molecular weight excluding hydrogens is 450 g/mol. The Labute approximate surface area is 203 Å². The maximum Gasteiger partial charge on any atom is 0.249 e. The van der Waals surface area contributed by atoms with Gasteiger partial charge in [-0.05, 0) is 32.8 Å². The first-order valence-electron chi connectivity index (χ1n) is 12.2. The molecule has 0 atom stereocenters. The second kappa shape index (κ2) is 9.53. The van der Waals surface area contributed by atoms with Crippen LogP contribution in [-0.4, -0.2) is 61.7 Å². The number of nitrogens with zero attached hydrogens (tertiary/aromatic N) is 5. The van der Waals surface area contributed by atoms with Crippen LogP contribution in [0.15, 0.2) is 36.8 Å². The lowest BCUT2D eigenvalue weighted by atomic mass is 9.77. The number of Topliss-reactive ketones (excluding diaryl/α,β-unsaturated/α-hetero) is 1. The van der Waals surface area contributed by atoms with Gasteiger partial charge in [0.05, 0.1) is 30.0 Å². The molecule has 2 aliphatic rings. The molecule has 1 saturated heterocycles. The Balaban J connectivity index is 1.28. The molecule has 3 aromatic rings. The Morgan fingerprint density at radius 2 is 1.91 bits per heavy atom. The van der Waals surface area contributed by atoms with E-state index in [0.29, 0.717) is 23.4 Å². The zero-order chi connectivity index (χ0) is 24.6. The van der Waals surface area contributed by atoms with Gasteiger partial charge in [0.2, 0.25) is 5.92 Å². The summed E-state index contributed by atoms with van der Waals surface area (Å²) >= 11 is 0. The monoisotopic (exact) mass is 480 g/mol. The normalized spacial score (nSPS) is 19.1. The van der Waals surface area contributed by atoms with Gasteiger partial charge < -0.3 is 10.2 Å². The number of anilines is 1. The van der Waals surface area contributed by atoms with Crippen LogP contribution in [0.3, 0.4) is 0 Å². The van der Waals surface area contributed by atoms with Crippen molar-refractivity contribution in [1.29, 1.82) is 0 Å². The van der Waals surface area contributed by atoms with Crippen molar-refractivity contribution < 1.29 is 13.6 Å². The molecule has 3 heterocycles. The molecule has 1 aromatic carbocycles. The topological polar surface area (TPSA) is 83.9 Å². The van der Waals surface area contributed by atoms with E-state index < -0.39 is 11.8 Å². The van der Waals surface area contributed by atoms with Crippen LogP contribution in [-0.2, 0) is 11.2 Å². The fraction of sp³-hybridized carbons (Fsp3) is 0.500. The van der Waals surface area contributed by atoms with Crippen molar-refractivity contribution in [1.82, 2.24) is 24.8 Å². The third kappa shape index (κ3) is 5.45. The van der Waals surface area contributed by atoms with E-state index in [0.717, 1.165) is 48.4 Å². The van der Waals surface area contributed by atoms with E-state index in [1.165, 1.54) is 0 Å². The molecular formula is C26H30F2N6O. The van der Waals surface area contributed by atoms with E-state index in [1.807, 2.05) is 18.2 Å². The number of benzene rings is 1. The first-order valence-corrected chi connectivity index (χ1v) is 12.2. The van der Waals surface area contributed by atoms with Crippen LogP contribution in [0.25, 0.3) is 22.2 Å². The Kier molecular flexibility index (Phi) is 6.44. The van der Waals surface area contributed by atoms with E-state index in [4.69, 9.17) is 4.98 Å². The zero-order valence-corrected chi connectivity index (χ0v) is 20.0. The summed E-state index contributed by atoms with van der Waals surface area (Å²) in [5.41, 5.74) is 2.27. The summed E-state index contributed by atoms with van der Waals surface area (Å²) in [4.78, 5) is 32.7. The van der Waals surface area contributed by atoms with Crippen molar-refractivity contribution in [3.05, 3.63) is 42.6 Å². The fourth-order valence-electron chi connectivity index (χ4n) is 4.84. The highest BCUT2D eigenvalue weighted by atomic mass is 19.3. The molecule has 7 nitrogen and oxygen atoms in total. The first kappa shape index (κ1) is 23.7. The van der Waals surface area contributed by atoms with Crippen LogP contribution in [0.2, 0.25) is 0 Å². The Morgan fingerprint density at radius 1 is 1.14 bits per heavy atom. The number of hydrogen-bond donors (Lipinski definition) is 1. The number of alkyl halides is 2. The van der Waals surface area contributed by atoms with Gasteiger partial charge >= 0.3 is 0 Å². The van der Waals surface area contributed by atoms with Gasteiger partial charge in [0, 0.05) is 61.1 Å². The van der Waals surface area contributed by atoms with Crippen molar-refractivity contribution in [3.63, 3.8) is 0 Å². The predicted octanol–water partition coefficient (Wildman–Crippen LogP) is 4.53. The molecule has 0 bridgehead atoms. The fourth-order valence-corrected chi connectivity index (χ4v) is 4.84. The molecule has 1 N–H and O–H groups in total. The number of carbonyl (C=O) groups excluding carboxylic acids is 1. The average molecular weight is 481 g/mol. The highest BCUT2D eigenvalue weighted by Crippen LogP contribution is 2.43. The molecule has 1 saturated carbocycles. The number of piperidine rings is 1. The zero-order valence-electron chi connectivity index (χ0n) is 20.0. The summed E-state index contributed by atoms with van der Waals surface area (Å²) in [5.74, 6) is -2.44. The highest BCUT2D eigenvalue weighted by molar-refractivity contribution is 5.86. The second-order valence-electron chi connectivity index (χ2n) is 10.0. The smallest absolute Gasteiger partial charge is 0.249 e. The maximum absolute atomic E-state index is 13.1. The Hall–Kier alpha value is -3.07. The third-order valence-electron chi connectivity index (χ3n) is 7.05. The summed E-state index contributed by atoms with van der Waals surface area (Å²) in [6, 6.07) is 6.69. The molecule has 0 spiro atoms. The van der Waals surface area contributed by atoms with Crippen molar-refractivity contribution in [2.24, 2.45) is 5.92 Å². The standard InChI is InChI=1S/C26H30F2N6O/c1-16(2)34-7-5-20(6-8-34)31-25-15-29-14-22(33-25)17-3-4-18-13-30-24(32-21(18)9-17)10-23(35)19-11-26(27,28)12-19/h3-4,9,13-16,19-20H,5-8,10-12H2,1-2H3,(H,31,33). The van der Waals surface area contributed by atoms with Gasteiger partial charge in [-0.15, -0.1) is 0 Å². The quantitative estimate of drug-likeness (QED) is 0.532. The number of nitrogens with one attached hydrogen (secondary N) is 1.